The minimum absolute atomic E-state index is 0.0729. The van der Waals surface area contributed by atoms with Crippen molar-refractivity contribution in [3.63, 3.8) is 0 Å². The molecule has 0 aliphatic heterocycles. The lowest BCUT2D eigenvalue weighted by atomic mass is 10.2. The molecule has 4 nitrogen and oxygen atoms in total. The van der Waals surface area contributed by atoms with Gasteiger partial charge in [-0.1, -0.05) is 19.8 Å². The zero-order valence-electron chi connectivity index (χ0n) is 10.2. The second-order valence-electron chi connectivity index (χ2n) is 4.35. The van der Waals surface area contributed by atoms with E-state index in [0.717, 1.165) is 25.9 Å². The van der Waals surface area contributed by atoms with E-state index in [1.165, 1.54) is 12.8 Å². The van der Waals surface area contributed by atoms with Crippen LogP contribution in [0.15, 0.2) is 0 Å². The predicted molar refractivity (Wildman–Crippen MR) is 64.2 cm³/mol. The van der Waals surface area contributed by atoms with Gasteiger partial charge >= 0.3 is 0 Å². The van der Waals surface area contributed by atoms with Crippen LogP contribution < -0.4 is 5.32 Å². The Kier molecular flexibility index (Phi) is 6.42. The molecule has 1 aliphatic rings. The lowest BCUT2D eigenvalue weighted by Crippen LogP contribution is -2.41. The van der Waals surface area contributed by atoms with Crippen LogP contribution in [0.25, 0.3) is 0 Å². The van der Waals surface area contributed by atoms with Crippen LogP contribution in [0.1, 0.15) is 39.0 Å². The third-order valence-electron chi connectivity index (χ3n) is 3.19. The van der Waals surface area contributed by atoms with Crippen molar-refractivity contribution in [1.29, 1.82) is 0 Å². The van der Waals surface area contributed by atoms with Crippen LogP contribution in [0.2, 0.25) is 0 Å². The number of amides is 1. The number of nitrogens with one attached hydrogen (secondary N) is 1. The zero-order chi connectivity index (χ0) is 11.8. The second kappa shape index (κ2) is 7.63. The van der Waals surface area contributed by atoms with Crippen molar-refractivity contribution in [2.45, 2.75) is 45.1 Å². The van der Waals surface area contributed by atoms with Crippen LogP contribution in [0, 0.1) is 0 Å². The minimum atomic E-state index is 0.0729. The first-order valence-electron chi connectivity index (χ1n) is 6.40. The Morgan fingerprint density at radius 3 is 2.69 bits per heavy atom. The molecule has 1 aliphatic carbocycles. The first-order chi connectivity index (χ1) is 7.79. The van der Waals surface area contributed by atoms with Gasteiger partial charge in [0.05, 0.1) is 6.61 Å². The summed E-state index contributed by atoms with van der Waals surface area (Å²) in [6.45, 7) is 4.24. The number of hydrogen-bond donors (Lipinski definition) is 2. The topological polar surface area (TPSA) is 52.6 Å². The molecule has 0 aromatic rings. The van der Waals surface area contributed by atoms with E-state index in [1.54, 1.807) is 0 Å². The van der Waals surface area contributed by atoms with Gasteiger partial charge in [-0.3, -0.25) is 4.79 Å². The number of aliphatic hydroxyl groups excluding tert-OH is 1. The van der Waals surface area contributed by atoms with Crippen molar-refractivity contribution in [3.05, 3.63) is 0 Å². The Balaban J connectivity index is 2.38. The largest absolute Gasteiger partial charge is 0.395 e. The van der Waals surface area contributed by atoms with Crippen molar-refractivity contribution in [2.24, 2.45) is 0 Å². The smallest absolute Gasteiger partial charge is 0.224 e. The van der Waals surface area contributed by atoms with Gasteiger partial charge in [-0.2, -0.15) is 0 Å². The van der Waals surface area contributed by atoms with Gasteiger partial charge in [0, 0.05) is 25.6 Å². The Hall–Kier alpha value is -0.610. The molecule has 0 unspecified atom stereocenters. The van der Waals surface area contributed by atoms with Gasteiger partial charge in [0.15, 0.2) is 0 Å². The molecule has 4 heteroatoms. The first-order valence-corrected chi connectivity index (χ1v) is 6.40. The molecule has 1 saturated carbocycles. The molecule has 1 amide bonds. The zero-order valence-corrected chi connectivity index (χ0v) is 10.2. The maximum Gasteiger partial charge on any atom is 0.224 e. The van der Waals surface area contributed by atoms with Crippen molar-refractivity contribution in [3.8, 4) is 0 Å². The molecule has 0 heterocycles. The number of carbonyl (C=O) groups excluding carboxylic acids is 1. The van der Waals surface area contributed by atoms with Crippen LogP contribution in [0.5, 0.6) is 0 Å². The maximum absolute atomic E-state index is 12.0. The Bertz CT molecular complexity index is 203. The maximum atomic E-state index is 12.0. The van der Waals surface area contributed by atoms with Gasteiger partial charge < -0.3 is 15.3 Å². The molecular formula is C12H24N2O2. The van der Waals surface area contributed by atoms with E-state index in [1.807, 2.05) is 11.8 Å². The van der Waals surface area contributed by atoms with E-state index in [4.69, 9.17) is 5.11 Å². The van der Waals surface area contributed by atoms with E-state index in [9.17, 15) is 4.79 Å². The number of carbonyl (C=O) groups is 1. The van der Waals surface area contributed by atoms with Crippen molar-refractivity contribution in [1.82, 2.24) is 10.2 Å². The summed E-state index contributed by atoms with van der Waals surface area (Å²) in [5, 5.41) is 12.2. The van der Waals surface area contributed by atoms with Gasteiger partial charge in [-0.25, -0.2) is 0 Å². The standard InChI is InChI=1S/C12H24N2O2/c1-2-13-8-7-12(16)14(9-10-15)11-5-3-4-6-11/h11,13,15H,2-10H2,1H3. The molecule has 1 fully saturated rings. The minimum Gasteiger partial charge on any atom is -0.395 e. The fourth-order valence-corrected chi connectivity index (χ4v) is 2.35. The average molecular weight is 228 g/mol. The second-order valence-corrected chi connectivity index (χ2v) is 4.35. The molecular weight excluding hydrogens is 204 g/mol. The quantitative estimate of drug-likeness (QED) is 0.632. The Morgan fingerprint density at radius 1 is 1.44 bits per heavy atom. The third kappa shape index (κ3) is 4.10. The number of rotatable bonds is 7. The number of nitrogens with zero attached hydrogens (tertiary/aromatic N) is 1. The predicted octanol–water partition coefficient (Wildman–Crippen LogP) is 0.749. The fraction of sp³-hybridized carbons (Fsp3) is 0.917. The molecule has 0 radical (unpaired) electrons. The number of aliphatic hydroxyl groups is 1. The van der Waals surface area contributed by atoms with Crippen LogP contribution >= 0.6 is 0 Å². The monoisotopic (exact) mass is 228 g/mol. The van der Waals surface area contributed by atoms with Crippen LogP contribution in [0.4, 0.5) is 0 Å². The highest BCUT2D eigenvalue weighted by molar-refractivity contribution is 5.76. The highest BCUT2D eigenvalue weighted by Gasteiger charge is 2.25. The van der Waals surface area contributed by atoms with Gasteiger partial charge in [0.1, 0.15) is 0 Å². The van der Waals surface area contributed by atoms with Crippen LogP contribution in [-0.2, 0) is 4.79 Å². The summed E-state index contributed by atoms with van der Waals surface area (Å²) in [7, 11) is 0. The average Bonchev–Trinajstić information content (AvgIpc) is 2.79. The summed E-state index contributed by atoms with van der Waals surface area (Å²) >= 11 is 0. The summed E-state index contributed by atoms with van der Waals surface area (Å²) in [6.07, 6.45) is 5.18. The molecule has 0 aromatic heterocycles. The molecule has 0 atom stereocenters. The van der Waals surface area contributed by atoms with E-state index < -0.39 is 0 Å². The normalized spacial score (nSPS) is 16.6. The summed E-state index contributed by atoms with van der Waals surface area (Å²) < 4.78 is 0. The van der Waals surface area contributed by atoms with Crippen molar-refractivity contribution in [2.75, 3.05) is 26.2 Å². The van der Waals surface area contributed by atoms with Gasteiger partial charge in [-0.15, -0.1) is 0 Å². The highest BCUT2D eigenvalue weighted by atomic mass is 16.3. The fourth-order valence-electron chi connectivity index (χ4n) is 2.35. The summed E-state index contributed by atoms with van der Waals surface area (Å²) in [4.78, 5) is 13.8. The van der Waals surface area contributed by atoms with Gasteiger partial charge in [-0.05, 0) is 19.4 Å². The highest BCUT2D eigenvalue weighted by Crippen LogP contribution is 2.23. The van der Waals surface area contributed by atoms with Crippen LogP contribution in [-0.4, -0.2) is 48.2 Å². The molecule has 2 N–H and O–H groups in total. The van der Waals surface area contributed by atoms with E-state index in [2.05, 4.69) is 5.32 Å². The van der Waals surface area contributed by atoms with Gasteiger partial charge in [0.25, 0.3) is 0 Å². The van der Waals surface area contributed by atoms with Crippen molar-refractivity contribution < 1.29 is 9.90 Å². The van der Waals surface area contributed by atoms with E-state index in [-0.39, 0.29) is 12.5 Å². The summed E-state index contributed by atoms with van der Waals surface area (Å²) in [5.74, 6) is 0.182. The lowest BCUT2D eigenvalue weighted by molar-refractivity contribution is -0.133. The number of hydrogen-bond acceptors (Lipinski definition) is 3. The van der Waals surface area contributed by atoms with Crippen molar-refractivity contribution >= 4 is 5.91 Å². The first kappa shape index (κ1) is 13.5. The third-order valence-corrected chi connectivity index (χ3v) is 3.19. The molecule has 0 spiro atoms. The summed E-state index contributed by atoms with van der Waals surface area (Å²) in [5.41, 5.74) is 0. The Labute approximate surface area is 98.0 Å². The van der Waals surface area contributed by atoms with Gasteiger partial charge in [0.2, 0.25) is 5.91 Å². The lowest BCUT2D eigenvalue weighted by Gasteiger charge is -2.28. The molecule has 16 heavy (non-hydrogen) atoms. The Morgan fingerprint density at radius 2 is 2.12 bits per heavy atom. The molecule has 94 valence electrons. The van der Waals surface area contributed by atoms with Crippen LogP contribution in [0.3, 0.4) is 0 Å². The molecule has 0 bridgehead atoms. The summed E-state index contributed by atoms with van der Waals surface area (Å²) in [6, 6.07) is 0.376. The molecule has 1 rings (SSSR count). The van der Waals surface area contributed by atoms with E-state index >= 15 is 0 Å². The molecule has 0 aromatic carbocycles. The molecule has 0 saturated heterocycles. The SMILES string of the molecule is CCNCCC(=O)N(CCO)C1CCCC1. The van der Waals surface area contributed by atoms with E-state index in [0.29, 0.717) is 19.0 Å².